The van der Waals surface area contributed by atoms with Crippen LogP contribution in [0.4, 0.5) is 16.2 Å². The zero-order valence-electron chi connectivity index (χ0n) is 16.8. The molecule has 3 rings (SSSR count). The molecule has 3 heterocycles. The van der Waals surface area contributed by atoms with Crippen molar-refractivity contribution in [2.75, 3.05) is 29.9 Å². The van der Waals surface area contributed by atoms with Crippen LogP contribution in [0.2, 0.25) is 0 Å². The van der Waals surface area contributed by atoms with Crippen molar-refractivity contribution in [1.82, 2.24) is 14.9 Å². The molecular weight excluding hydrogens is 458 g/mol. The average Bonchev–Trinajstić information content (AvgIpc) is 3.07. The summed E-state index contributed by atoms with van der Waals surface area (Å²) in [6.07, 6.45) is 3.01. The molecule has 1 fully saturated rings. The highest BCUT2D eigenvalue weighted by atomic mass is 79.9. The van der Waals surface area contributed by atoms with Crippen molar-refractivity contribution in [3.8, 4) is 0 Å². The van der Waals surface area contributed by atoms with Gasteiger partial charge in [-0.15, -0.1) is 11.3 Å². The smallest absolute Gasteiger partial charge is 0.410 e. The van der Waals surface area contributed by atoms with Gasteiger partial charge in [0.1, 0.15) is 11.3 Å². The lowest BCUT2D eigenvalue weighted by molar-refractivity contribution is 0.0159. The van der Waals surface area contributed by atoms with E-state index in [9.17, 15) is 9.59 Å². The molecule has 156 valence electrons. The number of rotatable bonds is 3. The van der Waals surface area contributed by atoms with Gasteiger partial charge >= 0.3 is 6.09 Å². The predicted octanol–water partition coefficient (Wildman–Crippen LogP) is 4.00. The monoisotopic (exact) mass is 481 g/mol. The summed E-state index contributed by atoms with van der Waals surface area (Å²) < 4.78 is 6.16. The van der Waals surface area contributed by atoms with Gasteiger partial charge in [-0.25, -0.2) is 9.78 Å². The van der Waals surface area contributed by atoms with Crippen LogP contribution in [0.25, 0.3) is 0 Å². The molecule has 0 radical (unpaired) electrons. The minimum Gasteiger partial charge on any atom is -0.444 e. The Bertz CT molecular complexity index is 898. The minimum atomic E-state index is -0.527. The average molecular weight is 482 g/mol. The molecule has 8 nitrogen and oxygen atoms in total. The topological polar surface area (TPSA) is 87.7 Å². The number of piperazine rings is 1. The molecular formula is C19H24BrN5O3S. The fraction of sp³-hybridized carbons (Fsp3) is 0.474. The number of aromatic nitrogens is 2. The molecule has 29 heavy (non-hydrogen) atoms. The first-order chi connectivity index (χ1) is 13.6. The van der Waals surface area contributed by atoms with Crippen molar-refractivity contribution >= 4 is 50.6 Å². The van der Waals surface area contributed by atoms with Gasteiger partial charge in [0.2, 0.25) is 0 Å². The molecule has 0 bridgehead atoms. The second kappa shape index (κ2) is 8.66. The van der Waals surface area contributed by atoms with Gasteiger partial charge in [0.25, 0.3) is 5.91 Å². The van der Waals surface area contributed by atoms with Crippen LogP contribution in [0.15, 0.2) is 27.8 Å². The Labute approximate surface area is 182 Å². The van der Waals surface area contributed by atoms with Crippen molar-refractivity contribution in [2.24, 2.45) is 0 Å². The second-order valence-corrected chi connectivity index (χ2v) is 9.94. The molecule has 1 atom stereocenters. The van der Waals surface area contributed by atoms with Crippen molar-refractivity contribution in [3.05, 3.63) is 33.5 Å². The largest absolute Gasteiger partial charge is 0.444 e. The number of nitrogens with zero attached hydrogens (tertiary/aromatic N) is 4. The Kier molecular flexibility index (Phi) is 6.42. The summed E-state index contributed by atoms with van der Waals surface area (Å²) in [6, 6.07) is 1.83. The maximum absolute atomic E-state index is 12.5. The normalized spacial score (nSPS) is 17.2. The molecule has 0 unspecified atom stereocenters. The summed E-state index contributed by atoms with van der Waals surface area (Å²) in [5.74, 6) is -0.290. The molecule has 2 amide bonds. The third kappa shape index (κ3) is 5.45. The van der Waals surface area contributed by atoms with Gasteiger partial charge in [0, 0.05) is 37.3 Å². The second-order valence-electron chi connectivity index (χ2n) is 7.80. The molecule has 0 aliphatic carbocycles. The van der Waals surface area contributed by atoms with E-state index in [0.29, 0.717) is 34.9 Å². The Morgan fingerprint density at radius 3 is 2.72 bits per heavy atom. The quantitative estimate of drug-likeness (QED) is 0.712. The summed E-state index contributed by atoms with van der Waals surface area (Å²) in [6.45, 7) is 9.34. The first-order valence-corrected chi connectivity index (χ1v) is 10.9. The molecule has 1 aliphatic rings. The maximum atomic E-state index is 12.5. The highest BCUT2D eigenvalue weighted by molar-refractivity contribution is 9.11. The van der Waals surface area contributed by atoms with E-state index < -0.39 is 5.60 Å². The Morgan fingerprint density at radius 1 is 1.34 bits per heavy atom. The number of ether oxygens (including phenoxy) is 1. The summed E-state index contributed by atoms with van der Waals surface area (Å²) in [5, 5.41) is 4.58. The SMILES string of the molecule is C[C@H]1CN(c2ccncc2NC(=O)c2csc(Br)n2)CCN1C(=O)OC(C)(C)C. The lowest BCUT2D eigenvalue weighted by Gasteiger charge is -2.41. The molecule has 1 saturated heterocycles. The first-order valence-electron chi connectivity index (χ1n) is 9.25. The number of hydrogen-bond donors (Lipinski definition) is 1. The Hall–Kier alpha value is -2.20. The van der Waals surface area contributed by atoms with Gasteiger partial charge in [-0.1, -0.05) is 0 Å². The standard InChI is InChI=1S/C19H24BrN5O3S/c1-12-10-24(7-8-25(12)18(27)28-19(2,3)4)15-5-6-21-9-13(15)22-16(26)14-11-29-17(20)23-14/h5-6,9,11-12H,7-8,10H2,1-4H3,(H,22,26)/t12-/m0/s1. The molecule has 0 aromatic carbocycles. The number of carbonyl (C=O) groups excluding carboxylic acids is 2. The summed E-state index contributed by atoms with van der Waals surface area (Å²) in [5.41, 5.74) is 1.29. The van der Waals surface area contributed by atoms with Crippen LogP contribution in [-0.2, 0) is 4.74 Å². The highest BCUT2D eigenvalue weighted by Crippen LogP contribution is 2.28. The maximum Gasteiger partial charge on any atom is 0.410 e. The zero-order chi connectivity index (χ0) is 21.2. The van der Waals surface area contributed by atoms with Crippen LogP contribution in [0.3, 0.4) is 0 Å². The van der Waals surface area contributed by atoms with E-state index >= 15 is 0 Å². The Balaban J connectivity index is 1.71. The van der Waals surface area contributed by atoms with Crippen LogP contribution >= 0.6 is 27.3 Å². The number of pyridine rings is 1. The van der Waals surface area contributed by atoms with Gasteiger partial charge in [-0.05, 0) is 49.7 Å². The van der Waals surface area contributed by atoms with E-state index in [1.165, 1.54) is 11.3 Å². The van der Waals surface area contributed by atoms with Crippen molar-refractivity contribution in [3.63, 3.8) is 0 Å². The fourth-order valence-electron chi connectivity index (χ4n) is 3.07. The summed E-state index contributed by atoms with van der Waals surface area (Å²) >= 11 is 4.62. The fourth-order valence-corrected chi connectivity index (χ4v) is 4.06. The van der Waals surface area contributed by atoms with E-state index in [0.717, 1.165) is 5.69 Å². The number of nitrogens with one attached hydrogen (secondary N) is 1. The predicted molar refractivity (Wildman–Crippen MR) is 117 cm³/mol. The number of halogens is 1. The summed E-state index contributed by atoms with van der Waals surface area (Å²) in [7, 11) is 0. The molecule has 2 aromatic rings. The number of carbonyl (C=O) groups is 2. The first kappa shape index (κ1) is 21.5. The number of amides is 2. The van der Waals surface area contributed by atoms with E-state index in [-0.39, 0.29) is 18.0 Å². The summed E-state index contributed by atoms with van der Waals surface area (Å²) in [4.78, 5) is 37.1. The zero-order valence-corrected chi connectivity index (χ0v) is 19.2. The number of anilines is 2. The van der Waals surface area contributed by atoms with Crippen LogP contribution in [0.1, 0.15) is 38.2 Å². The number of thiazole rings is 1. The highest BCUT2D eigenvalue weighted by Gasteiger charge is 2.31. The molecule has 0 spiro atoms. The minimum absolute atomic E-state index is 0.0372. The number of hydrogen-bond acceptors (Lipinski definition) is 7. The third-order valence-electron chi connectivity index (χ3n) is 4.35. The van der Waals surface area contributed by atoms with Crippen molar-refractivity contribution in [2.45, 2.75) is 39.3 Å². The van der Waals surface area contributed by atoms with Gasteiger partial charge in [0.15, 0.2) is 3.92 Å². The van der Waals surface area contributed by atoms with E-state index in [1.54, 1.807) is 22.7 Å². The molecule has 10 heteroatoms. The lowest BCUT2D eigenvalue weighted by Crippen LogP contribution is -2.55. The molecule has 2 aromatic heterocycles. The van der Waals surface area contributed by atoms with Crippen LogP contribution in [0.5, 0.6) is 0 Å². The van der Waals surface area contributed by atoms with E-state index in [1.807, 2.05) is 33.8 Å². The molecule has 1 aliphatic heterocycles. The molecule has 1 N–H and O–H groups in total. The van der Waals surface area contributed by atoms with Crippen LogP contribution in [0, 0.1) is 0 Å². The van der Waals surface area contributed by atoms with Gasteiger partial charge in [-0.3, -0.25) is 9.78 Å². The van der Waals surface area contributed by atoms with Crippen LogP contribution in [-0.4, -0.2) is 58.1 Å². The van der Waals surface area contributed by atoms with Gasteiger partial charge in [-0.2, -0.15) is 0 Å². The molecule has 0 saturated carbocycles. The van der Waals surface area contributed by atoms with E-state index in [2.05, 4.69) is 36.1 Å². The van der Waals surface area contributed by atoms with E-state index in [4.69, 9.17) is 4.74 Å². The van der Waals surface area contributed by atoms with Crippen molar-refractivity contribution < 1.29 is 14.3 Å². The third-order valence-corrected chi connectivity index (χ3v) is 5.72. The van der Waals surface area contributed by atoms with Gasteiger partial charge < -0.3 is 19.9 Å². The van der Waals surface area contributed by atoms with Crippen molar-refractivity contribution in [1.29, 1.82) is 0 Å². The Morgan fingerprint density at radius 2 is 2.10 bits per heavy atom. The van der Waals surface area contributed by atoms with Crippen LogP contribution < -0.4 is 10.2 Å². The van der Waals surface area contributed by atoms with Gasteiger partial charge in [0.05, 0.1) is 17.6 Å². The lowest BCUT2D eigenvalue weighted by atomic mass is 10.1.